The van der Waals surface area contributed by atoms with Gasteiger partial charge in [0.1, 0.15) is 0 Å². The third-order valence-electron chi connectivity index (χ3n) is 4.30. The van der Waals surface area contributed by atoms with Gasteiger partial charge in [-0.1, -0.05) is 6.07 Å². The van der Waals surface area contributed by atoms with Crippen molar-refractivity contribution in [3.63, 3.8) is 0 Å². The Morgan fingerprint density at radius 2 is 2.09 bits per heavy atom. The van der Waals surface area contributed by atoms with Crippen LogP contribution >= 0.6 is 27.3 Å². The van der Waals surface area contributed by atoms with Gasteiger partial charge < -0.3 is 5.11 Å². The third kappa shape index (κ3) is 3.82. The molecule has 0 amide bonds. The molecule has 4 nitrogen and oxygen atoms in total. The molecule has 0 saturated carbocycles. The number of likely N-dealkylation sites (tertiary alicyclic amines) is 1. The second-order valence-electron chi connectivity index (χ2n) is 5.90. The number of hydrogen-bond donors (Lipinski definition) is 1. The quantitative estimate of drug-likeness (QED) is 0.847. The Morgan fingerprint density at radius 1 is 1.35 bits per heavy atom. The molecule has 0 aromatic carbocycles. The number of aromatic nitrogens is 1. The summed E-state index contributed by atoms with van der Waals surface area (Å²) in [6, 6.07) is 10.4. The lowest BCUT2D eigenvalue weighted by Crippen LogP contribution is -2.39. The van der Waals surface area contributed by atoms with Gasteiger partial charge in [-0.15, -0.1) is 11.3 Å². The second kappa shape index (κ2) is 7.11. The van der Waals surface area contributed by atoms with Crippen LogP contribution in [-0.4, -0.2) is 34.0 Å². The molecule has 122 valence electrons. The number of pyridine rings is 1. The molecule has 2 aromatic heterocycles. The van der Waals surface area contributed by atoms with Gasteiger partial charge in [0.05, 0.1) is 21.4 Å². The normalized spacial score (nSPS) is 18.0. The highest BCUT2D eigenvalue weighted by Gasteiger charge is 2.31. The van der Waals surface area contributed by atoms with Crippen molar-refractivity contribution in [1.82, 2.24) is 9.88 Å². The summed E-state index contributed by atoms with van der Waals surface area (Å²) in [6.07, 6.45) is 1.40. The lowest BCUT2D eigenvalue weighted by atomic mass is 9.95. The van der Waals surface area contributed by atoms with E-state index in [0.29, 0.717) is 12.8 Å². The summed E-state index contributed by atoms with van der Waals surface area (Å²) in [6.45, 7) is 3.57. The number of halogens is 1. The van der Waals surface area contributed by atoms with Crippen LogP contribution in [0.4, 0.5) is 0 Å². The predicted octanol–water partition coefficient (Wildman–Crippen LogP) is 4.10. The molecular formula is C17H19BrN2O2S. The first kappa shape index (κ1) is 16.6. The smallest absolute Gasteiger partial charge is 0.306 e. The van der Waals surface area contributed by atoms with Crippen LogP contribution in [0.25, 0.3) is 0 Å². The van der Waals surface area contributed by atoms with Gasteiger partial charge in [0.15, 0.2) is 0 Å². The number of aliphatic carboxylic acids is 1. The van der Waals surface area contributed by atoms with Gasteiger partial charge in [-0.05, 0) is 73.1 Å². The maximum absolute atomic E-state index is 11.2. The number of rotatable bonds is 4. The van der Waals surface area contributed by atoms with E-state index in [2.05, 4.69) is 39.0 Å². The minimum Gasteiger partial charge on any atom is -0.481 e. The monoisotopic (exact) mass is 394 g/mol. The van der Waals surface area contributed by atoms with Crippen LogP contribution in [0.2, 0.25) is 0 Å². The Hall–Kier alpha value is -1.24. The molecule has 1 fully saturated rings. The molecule has 1 aliphatic rings. The maximum Gasteiger partial charge on any atom is 0.306 e. The number of carboxylic acid groups (broad SMARTS) is 1. The van der Waals surface area contributed by atoms with Crippen LogP contribution in [-0.2, 0) is 4.79 Å². The number of carboxylic acids is 1. The molecule has 1 atom stereocenters. The van der Waals surface area contributed by atoms with E-state index in [1.54, 1.807) is 11.3 Å². The highest BCUT2D eigenvalue weighted by atomic mass is 79.9. The summed E-state index contributed by atoms with van der Waals surface area (Å²) in [4.78, 5) is 19.5. The van der Waals surface area contributed by atoms with Crippen LogP contribution in [0.5, 0.6) is 0 Å². The molecule has 1 N–H and O–H groups in total. The molecule has 0 aliphatic carbocycles. The first-order valence-corrected chi connectivity index (χ1v) is 9.31. The van der Waals surface area contributed by atoms with Crippen molar-refractivity contribution >= 4 is 33.2 Å². The maximum atomic E-state index is 11.2. The summed E-state index contributed by atoms with van der Waals surface area (Å²) < 4.78 is 1.10. The summed E-state index contributed by atoms with van der Waals surface area (Å²) in [7, 11) is 0. The van der Waals surface area contributed by atoms with Crippen molar-refractivity contribution in [3.8, 4) is 0 Å². The first-order chi connectivity index (χ1) is 11.0. The summed E-state index contributed by atoms with van der Waals surface area (Å²) in [5.41, 5.74) is 2.04. The SMILES string of the molecule is Cc1cccc(C(c2ccc(Br)s2)N2CCC(C(=O)O)CC2)n1. The molecule has 0 spiro atoms. The highest BCUT2D eigenvalue weighted by Crippen LogP contribution is 2.36. The molecular weight excluding hydrogens is 376 g/mol. The number of nitrogens with zero attached hydrogens (tertiary/aromatic N) is 2. The van der Waals surface area contributed by atoms with Gasteiger partial charge >= 0.3 is 5.97 Å². The van der Waals surface area contributed by atoms with Crippen molar-refractivity contribution in [2.45, 2.75) is 25.8 Å². The van der Waals surface area contributed by atoms with Crippen molar-refractivity contribution in [1.29, 1.82) is 0 Å². The van der Waals surface area contributed by atoms with E-state index in [1.807, 2.05) is 19.1 Å². The number of carbonyl (C=O) groups is 1. The fourth-order valence-electron chi connectivity index (χ4n) is 3.11. The van der Waals surface area contributed by atoms with Crippen LogP contribution in [0.3, 0.4) is 0 Å². The molecule has 0 bridgehead atoms. The molecule has 1 unspecified atom stereocenters. The van der Waals surface area contributed by atoms with Crippen LogP contribution in [0.1, 0.15) is 35.1 Å². The van der Waals surface area contributed by atoms with E-state index in [9.17, 15) is 9.90 Å². The van der Waals surface area contributed by atoms with E-state index in [0.717, 1.165) is 28.3 Å². The fourth-order valence-corrected chi connectivity index (χ4v) is 4.68. The molecule has 2 aromatic rings. The first-order valence-electron chi connectivity index (χ1n) is 7.70. The van der Waals surface area contributed by atoms with E-state index in [4.69, 9.17) is 4.98 Å². The highest BCUT2D eigenvalue weighted by molar-refractivity contribution is 9.11. The van der Waals surface area contributed by atoms with Crippen molar-refractivity contribution in [2.24, 2.45) is 5.92 Å². The molecule has 6 heteroatoms. The number of thiophene rings is 1. The van der Waals surface area contributed by atoms with Crippen LogP contribution < -0.4 is 0 Å². The fraction of sp³-hybridized carbons (Fsp3) is 0.412. The van der Waals surface area contributed by atoms with E-state index in [1.165, 1.54) is 4.88 Å². The number of piperidine rings is 1. The topological polar surface area (TPSA) is 53.4 Å². The van der Waals surface area contributed by atoms with Crippen molar-refractivity contribution < 1.29 is 9.90 Å². The molecule has 1 saturated heterocycles. The number of hydrogen-bond acceptors (Lipinski definition) is 4. The lowest BCUT2D eigenvalue weighted by Gasteiger charge is -2.35. The summed E-state index contributed by atoms with van der Waals surface area (Å²) in [5, 5.41) is 9.20. The lowest BCUT2D eigenvalue weighted by molar-refractivity contribution is -0.143. The third-order valence-corrected chi connectivity index (χ3v) is 5.97. The Bertz CT molecular complexity index is 695. The Balaban J connectivity index is 1.89. The van der Waals surface area contributed by atoms with Gasteiger partial charge in [0.25, 0.3) is 0 Å². The molecule has 1 aliphatic heterocycles. The zero-order chi connectivity index (χ0) is 16.4. The molecule has 3 heterocycles. The van der Waals surface area contributed by atoms with Crippen LogP contribution in [0.15, 0.2) is 34.1 Å². The predicted molar refractivity (Wildman–Crippen MR) is 94.8 cm³/mol. The Kier molecular flexibility index (Phi) is 5.14. The molecule has 0 radical (unpaired) electrons. The zero-order valence-electron chi connectivity index (χ0n) is 12.9. The molecule has 3 rings (SSSR count). The van der Waals surface area contributed by atoms with Crippen molar-refractivity contribution in [2.75, 3.05) is 13.1 Å². The largest absolute Gasteiger partial charge is 0.481 e. The van der Waals surface area contributed by atoms with Gasteiger partial charge in [-0.3, -0.25) is 14.7 Å². The zero-order valence-corrected chi connectivity index (χ0v) is 15.3. The average molecular weight is 395 g/mol. The van der Waals surface area contributed by atoms with Gasteiger partial charge in [0, 0.05) is 10.6 Å². The average Bonchev–Trinajstić information content (AvgIpc) is 2.94. The van der Waals surface area contributed by atoms with Gasteiger partial charge in [-0.25, -0.2) is 0 Å². The van der Waals surface area contributed by atoms with Crippen molar-refractivity contribution in [3.05, 3.63) is 50.4 Å². The van der Waals surface area contributed by atoms with E-state index >= 15 is 0 Å². The Labute approximate surface area is 148 Å². The standard InChI is InChI=1S/C17H19BrN2O2S/c1-11-3-2-4-13(19-11)16(14-5-6-15(18)23-14)20-9-7-12(8-10-20)17(21)22/h2-6,12,16H,7-10H2,1H3,(H,21,22). The van der Waals surface area contributed by atoms with E-state index < -0.39 is 5.97 Å². The number of aryl methyl sites for hydroxylation is 1. The van der Waals surface area contributed by atoms with Crippen LogP contribution in [0, 0.1) is 12.8 Å². The van der Waals surface area contributed by atoms with Gasteiger partial charge in [0.2, 0.25) is 0 Å². The summed E-state index contributed by atoms with van der Waals surface area (Å²) in [5.74, 6) is -0.888. The van der Waals surface area contributed by atoms with E-state index in [-0.39, 0.29) is 12.0 Å². The minimum atomic E-state index is -0.672. The summed E-state index contributed by atoms with van der Waals surface area (Å²) >= 11 is 5.26. The minimum absolute atomic E-state index is 0.0981. The van der Waals surface area contributed by atoms with Gasteiger partial charge in [-0.2, -0.15) is 0 Å². The second-order valence-corrected chi connectivity index (χ2v) is 8.39. The molecule has 23 heavy (non-hydrogen) atoms. The Morgan fingerprint density at radius 3 is 2.65 bits per heavy atom.